The number of rotatable bonds is 4. The van der Waals surface area contributed by atoms with E-state index in [0.717, 1.165) is 5.56 Å². The Balaban J connectivity index is 2.54. The minimum Gasteiger partial charge on any atom is -0.347 e. The lowest BCUT2D eigenvalue weighted by Gasteiger charge is -2.19. The third kappa shape index (κ3) is 3.84. The zero-order valence-corrected chi connectivity index (χ0v) is 12.2. The molecule has 0 aliphatic carbocycles. The standard InChI is InChI=1S/C13H24N4O/c1-10(12(18)16(5)6)14-7-11-8-15-17(9-11)13(2,3)4/h8-10,14H,7H2,1-6H3. The molecule has 0 saturated carbocycles. The van der Waals surface area contributed by atoms with Gasteiger partial charge in [-0.3, -0.25) is 9.48 Å². The molecule has 0 fully saturated rings. The quantitative estimate of drug-likeness (QED) is 0.876. The molecule has 5 nitrogen and oxygen atoms in total. The van der Waals surface area contributed by atoms with Gasteiger partial charge in [0.05, 0.1) is 17.8 Å². The van der Waals surface area contributed by atoms with Crippen LogP contribution in [-0.2, 0) is 16.9 Å². The van der Waals surface area contributed by atoms with Gasteiger partial charge in [0.25, 0.3) is 0 Å². The van der Waals surface area contributed by atoms with Gasteiger partial charge in [-0.1, -0.05) is 0 Å². The summed E-state index contributed by atoms with van der Waals surface area (Å²) in [6, 6.07) is -0.182. The lowest BCUT2D eigenvalue weighted by atomic mass is 10.1. The SMILES string of the molecule is CC(NCc1cnn(C(C)(C)C)c1)C(=O)N(C)C. The molecule has 0 aliphatic heterocycles. The highest BCUT2D eigenvalue weighted by Crippen LogP contribution is 2.13. The molecule has 1 heterocycles. The van der Waals surface area contributed by atoms with Crippen molar-refractivity contribution in [3.63, 3.8) is 0 Å². The van der Waals surface area contributed by atoms with Crippen molar-refractivity contribution in [2.75, 3.05) is 14.1 Å². The molecule has 0 saturated heterocycles. The van der Waals surface area contributed by atoms with Gasteiger partial charge in [0.2, 0.25) is 5.91 Å². The largest absolute Gasteiger partial charge is 0.347 e. The maximum atomic E-state index is 11.7. The van der Waals surface area contributed by atoms with Crippen molar-refractivity contribution in [1.82, 2.24) is 20.0 Å². The van der Waals surface area contributed by atoms with Gasteiger partial charge in [0.15, 0.2) is 0 Å². The molecule has 0 aliphatic rings. The summed E-state index contributed by atoms with van der Waals surface area (Å²) < 4.78 is 1.93. The fraction of sp³-hybridized carbons (Fsp3) is 0.692. The van der Waals surface area contributed by atoms with Crippen molar-refractivity contribution in [2.24, 2.45) is 0 Å². The van der Waals surface area contributed by atoms with E-state index in [9.17, 15) is 4.79 Å². The molecule has 18 heavy (non-hydrogen) atoms. The predicted octanol–water partition coefficient (Wildman–Crippen LogP) is 1.20. The molecule has 1 amide bonds. The topological polar surface area (TPSA) is 50.2 Å². The van der Waals surface area contributed by atoms with Crippen molar-refractivity contribution in [3.8, 4) is 0 Å². The van der Waals surface area contributed by atoms with E-state index in [1.54, 1.807) is 19.0 Å². The van der Waals surface area contributed by atoms with Crippen LogP contribution in [0.2, 0.25) is 0 Å². The fourth-order valence-corrected chi connectivity index (χ4v) is 1.56. The Bertz CT molecular complexity index is 403. The summed E-state index contributed by atoms with van der Waals surface area (Å²) in [5.41, 5.74) is 1.08. The van der Waals surface area contributed by atoms with Crippen molar-refractivity contribution in [3.05, 3.63) is 18.0 Å². The molecule has 0 spiro atoms. The summed E-state index contributed by atoms with van der Waals surface area (Å²) in [7, 11) is 3.52. The van der Waals surface area contributed by atoms with E-state index in [0.29, 0.717) is 6.54 Å². The van der Waals surface area contributed by atoms with Crippen LogP contribution in [0.1, 0.15) is 33.3 Å². The van der Waals surface area contributed by atoms with Crippen LogP contribution in [0.5, 0.6) is 0 Å². The summed E-state index contributed by atoms with van der Waals surface area (Å²) in [6.45, 7) is 8.84. The first-order chi connectivity index (χ1) is 8.21. The molecule has 1 unspecified atom stereocenters. The zero-order valence-electron chi connectivity index (χ0n) is 12.2. The van der Waals surface area contributed by atoms with Crippen LogP contribution < -0.4 is 5.32 Å². The molecule has 102 valence electrons. The van der Waals surface area contributed by atoms with Crippen LogP contribution >= 0.6 is 0 Å². The summed E-state index contributed by atoms with van der Waals surface area (Å²) in [4.78, 5) is 13.3. The van der Waals surface area contributed by atoms with Gasteiger partial charge in [-0.05, 0) is 27.7 Å². The number of carbonyl (C=O) groups is 1. The molecule has 0 radical (unpaired) electrons. The molecule has 1 N–H and O–H groups in total. The third-order valence-electron chi connectivity index (χ3n) is 2.75. The Morgan fingerprint density at radius 1 is 1.50 bits per heavy atom. The molecule has 1 aromatic rings. The number of aromatic nitrogens is 2. The van der Waals surface area contributed by atoms with E-state index in [2.05, 4.69) is 31.2 Å². The van der Waals surface area contributed by atoms with Crippen LogP contribution in [0.25, 0.3) is 0 Å². The van der Waals surface area contributed by atoms with Gasteiger partial charge >= 0.3 is 0 Å². The predicted molar refractivity (Wildman–Crippen MR) is 72.2 cm³/mol. The number of nitrogens with zero attached hydrogens (tertiary/aromatic N) is 3. The molecule has 1 aromatic heterocycles. The van der Waals surface area contributed by atoms with Gasteiger partial charge in [-0.25, -0.2) is 0 Å². The van der Waals surface area contributed by atoms with E-state index in [4.69, 9.17) is 0 Å². The van der Waals surface area contributed by atoms with E-state index >= 15 is 0 Å². The number of hydrogen-bond acceptors (Lipinski definition) is 3. The number of nitrogens with one attached hydrogen (secondary N) is 1. The van der Waals surface area contributed by atoms with Crippen LogP contribution in [0.3, 0.4) is 0 Å². The Morgan fingerprint density at radius 2 is 2.11 bits per heavy atom. The van der Waals surface area contributed by atoms with Gasteiger partial charge in [0.1, 0.15) is 0 Å². The van der Waals surface area contributed by atoms with Crippen molar-refractivity contribution in [2.45, 2.75) is 45.8 Å². The molecule has 0 aromatic carbocycles. The number of hydrogen-bond donors (Lipinski definition) is 1. The molecular weight excluding hydrogens is 228 g/mol. The first kappa shape index (κ1) is 14.7. The lowest BCUT2D eigenvalue weighted by Crippen LogP contribution is -2.41. The van der Waals surface area contributed by atoms with Gasteiger partial charge in [0, 0.05) is 32.4 Å². The van der Waals surface area contributed by atoms with Crippen LogP contribution in [0.4, 0.5) is 0 Å². The average molecular weight is 252 g/mol. The molecule has 1 atom stereocenters. The Labute approximate surface area is 109 Å². The maximum Gasteiger partial charge on any atom is 0.238 e. The Hall–Kier alpha value is -1.36. The van der Waals surface area contributed by atoms with E-state index in [1.807, 2.05) is 24.0 Å². The van der Waals surface area contributed by atoms with E-state index in [1.165, 1.54) is 0 Å². The second kappa shape index (κ2) is 5.52. The highest BCUT2D eigenvalue weighted by atomic mass is 16.2. The maximum absolute atomic E-state index is 11.7. The first-order valence-corrected chi connectivity index (χ1v) is 6.20. The third-order valence-corrected chi connectivity index (χ3v) is 2.75. The molecule has 0 bridgehead atoms. The van der Waals surface area contributed by atoms with Crippen molar-refractivity contribution in [1.29, 1.82) is 0 Å². The average Bonchev–Trinajstić information content (AvgIpc) is 2.72. The normalized spacial score (nSPS) is 13.4. The Morgan fingerprint density at radius 3 is 2.56 bits per heavy atom. The highest BCUT2D eigenvalue weighted by molar-refractivity contribution is 5.80. The highest BCUT2D eigenvalue weighted by Gasteiger charge is 2.16. The summed E-state index contributed by atoms with van der Waals surface area (Å²) in [5.74, 6) is 0.0817. The first-order valence-electron chi connectivity index (χ1n) is 6.20. The van der Waals surface area contributed by atoms with Gasteiger partial charge < -0.3 is 10.2 Å². The fourth-order valence-electron chi connectivity index (χ4n) is 1.56. The number of likely N-dealkylation sites (N-methyl/N-ethyl adjacent to an activating group) is 1. The lowest BCUT2D eigenvalue weighted by molar-refractivity contribution is -0.130. The molecule has 1 rings (SSSR count). The van der Waals surface area contributed by atoms with Crippen LogP contribution in [0, 0.1) is 0 Å². The number of carbonyl (C=O) groups excluding carboxylic acids is 1. The van der Waals surface area contributed by atoms with E-state index < -0.39 is 0 Å². The second-order valence-corrected chi connectivity index (χ2v) is 5.80. The van der Waals surface area contributed by atoms with Gasteiger partial charge in [-0.2, -0.15) is 5.10 Å². The monoisotopic (exact) mass is 252 g/mol. The summed E-state index contributed by atoms with van der Waals surface area (Å²) in [6.07, 6.45) is 3.85. The second-order valence-electron chi connectivity index (χ2n) is 5.80. The van der Waals surface area contributed by atoms with Crippen molar-refractivity contribution < 1.29 is 4.79 Å². The minimum atomic E-state index is -0.182. The van der Waals surface area contributed by atoms with Gasteiger partial charge in [-0.15, -0.1) is 0 Å². The van der Waals surface area contributed by atoms with E-state index in [-0.39, 0.29) is 17.5 Å². The summed E-state index contributed by atoms with van der Waals surface area (Å²) >= 11 is 0. The zero-order chi connectivity index (χ0) is 13.9. The molecule has 5 heteroatoms. The van der Waals surface area contributed by atoms with Crippen LogP contribution in [0.15, 0.2) is 12.4 Å². The summed E-state index contributed by atoms with van der Waals surface area (Å²) in [5, 5.41) is 7.53. The number of amides is 1. The molecular formula is C13H24N4O. The van der Waals surface area contributed by atoms with Crippen LogP contribution in [-0.4, -0.2) is 40.7 Å². The Kier molecular flexibility index (Phi) is 4.51. The smallest absolute Gasteiger partial charge is 0.238 e. The van der Waals surface area contributed by atoms with Crippen molar-refractivity contribution >= 4 is 5.91 Å². The minimum absolute atomic E-state index is 0.0106.